The maximum Gasteiger partial charge on any atom is 0.416 e. The smallest absolute Gasteiger partial charge is 0.309 e. The Morgan fingerprint density at radius 2 is 2.00 bits per heavy atom. The lowest BCUT2D eigenvalue weighted by Crippen LogP contribution is -2.42. The van der Waals surface area contributed by atoms with Crippen LogP contribution in [0.1, 0.15) is 36.5 Å². The molecule has 4 heteroatoms. The van der Waals surface area contributed by atoms with Crippen molar-refractivity contribution in [3.63, 3.8) is 0 Å². The number of alkyl halides is 3. The molecule has 0 saturated heterocycles. The van der Waals surface area contributed by atoms with Gasteiger partial charge in [-0.1, -0.05) is 6.07 Å². The molecule has 0 radical (unpaired) electrons. The normalized spacial score (nSPS) is 25.8. The molecule has 1 aromatic carbocycles. The van der Waals surface area contributed by atoms with Crippen LogP contribution < -0.4 is 5.32 Å². The van der Waals surface area contributed by atoms with Crippen molar-refractivity contribution in [2.24, 2.45) is 0 Å². The van der Waals surface area contributed by atoms with Gasteiger partial charge in [0.15, 0.2) is 0 Å². The molecule has 1 aromatic rings. The van der Waals surface area contributed by atoms with Crippen LogP contribution in [0.5, 0.6) is 0 Å². The first-order chi connectivity index (χ1) is 7.93. The summed E-state index contributed by atoms with van der Waals surface area (Å²) in [7, 11) is 0. The summed E-state index contributed by atoms with van der Waals surface area (Å²) in [5, 5.41) is 3.37. The van der Waals surface area contributed by atoms with E-state index in [0.29, 0.717) is 6.54 Å². The van der Waals surface area contributed by atoms with Gasteiger partial charge in [-0.25, -0.2) is 0 Å². The van der Waals surface area contributed by atoms with E-state index in [1.54, 1.807) is 6.07 Å². The van der Waals surface area contributed by atoms with E-state index < -0.39 is 11.7 Å². The number of rotatable bonds is 0. The molecule has 17 heavy (non-hydrogen) atoms. The summed E-state index contributed by atoms with van der Waals surface area (Å²) in [6, 6.07) is 4.45. The second-order valence-electron chi connectivity index (χ2n) is 5.13. The molecule has 2 aliphatic rings. The second-order valence-corrected chi connectivity index (χ2v) is 5.13. The summed E-state index contributed by atoms with van der Waals surface area (Å²) < 4.78 is 38.1. The van der Waals surface area contributed by atoms with Crippen LogP contribution in [0.15, 0.2) is 18.2 Å². The fourth-order valence-corrected chi connectivity index (χ4v) is 2.90. The van der Waals surface area contributed by atoms with Crippen molar-refractivity contribution in [1.29, 1.82) is 0 Å². The molecule has 92 valence electrons. The van der Waals surface area contributed by atoms with Gasteiger partial charge in [0.1, 0.15) is 0 Å². The molecule has 1 aliphatic heterocycles. The molecule has 0 bridgehead atoms. The maximum atomic E-state index is 12.7. The first-order valence-corrected chi connectivity index (χ1v) is 5.87. The van der Waals surface area contributed by atoms with Crippen LogP contribution in [-0.2, 0) is 18.1 Å². The van der Waals surface area contributed by atoms with Crippen LogP contribution in [0, 0.1) is 0 Å². The van der Waals surface area contributed by atoms with E-state index >= 15 is 0 Å². The highest BCUT2D eigenvalue weighted by Crippen LogP contribution is 2.54. The third-order valence-electron chi connectivity index (χ3n) is 4.19. The van der Waals surface area contributed by atoms with Gasteiger partial charge in [0.25, 0.3) is 0 Å². The van der Waals surface area contributed by atoms with Crippen LogP contribution in [-0.4, -0.2) is 6.04 Å². The minimum Gasteiger partial charge on any atom is -0.309 e. The van der Waals surface area contributed by atoms with Crippen LogP contribution in [0.2, 0.25) is 0 Å². The Hall–Kier alpha value is -1.03. The van der Waals surface area contributed by atoms with Crippen LogP contribution in [0.3, 0.4) is 0 Å². The van der Waals surface area contributed by atoms with Gasteiger partial charge < -0.3 is 5.32 Å². The molecule has 1 saturated carbocycles. The van der Waals surface area contributed by atoms with Gasteiger partial charge in [-0.15, -0.1) is 0 Å². The molecular weight excluding hydrogens is 227 g/mol. The molecule has 1 aliphatic carbocycles. The standard InChI is InChI=1S/C13H14F3N/c1-8-12(4-5-12)11-6-10(13(14,15)16)3-2-9(11)7-17-8/h2-3,6,8,17H,4-5,7H2,1H3. The number of hydrogen-bond donors (Lipinski definition) is 1. The molecule has 1 nitrogen and oxygen atoms in total. The summed E-state index contributed by atoms with van der Waals surface area (Å²) in [5.74, 6) is 0. The molecule has 1 fully saturated rings. The van der Waals surface area contributed by atoms with Gasteiger partial charge in [0.2, 0.25) is 0 Å². The van der Waals surface area contributed by atoms with Crippen LogP contribution in [0.4, 0.5) is 13.2 Å². The Labute approximate surface area is 98.0 Å². The van der Waals surface area contributed by atoms with E-state index in [1.807, 2.05) is 0 Å². The van der Waals surface area contributed by atoms with Crippen molar-refractivity contribution in [3.8, 4) is 0 Å². The number of halogens is 3. The number of hydrogen-bond acceptors (Lipinski definition) is 1. The minimum atomic E-state index is -4.24. The van der Waals surface area contributed by atoms with Crippen molar-refractivity contribution < 1.29 is 13.2 Å². The lowest BCUT2D eigenvalue weighted by atomic mass is 9.81. The predicted molar refractivity (Wildman–Crippen MR) is 58.7 cm³/mol. The van der Waals surface area contributed by atoms with E-state index in [-0.39, 0.29) is 11.5 Å². The van der Waals surface area contributed by atoms with Gasteiger partial charge in [0.05, 0.1) is 5.56 Å². The third kappa shape index (κ3) is 1.58. The SMILES string of the molecule is CC1NCc2ccc(C(F)(F)F)cc2C12CC2. The van der Waals surface area contributed by atoms with Gasteiger partial charge in [-0.05, 0) is 43.0 Å². The van der Waals surface area contributed by atoms with E-state index in [2.05, 4.69) is 12.2 Å². The average Bonchev–Trinajstić information content (AvgIpc) is 3.04. The van der Waals surface area contributed by atoms with Crippen molar-refractivity contribution >= 4 is 0 Å². The molecule has 1 N–H and O–H groups in total. The lowest BCUT2D eigenvalue weighted by Gasteiger charge is -2.33. The van der Waals surface area contributed by atoms with Gasteiger partial charge in [-0.2, -0.15) is 13.2 Å². The van der Waals surface area contributed by atoms with Crippen molar-refractivity contribution in [2.45, 2.75) is 43.9 Å². The fourth-order valence-electron chi connectivity index (χ4n) is 2.90. The summed E-state index contributed by atoms with van der Waals surface area (Å²) in [6.07, 6.45) is -2.25. The van der Waals surface area contributed by atoms with Crippen LogP contribution >= 0.6 is 0 Å². The van der Waals surface area contributed by atoms with Gasteiger partial charge >= 0.3 is 6.18 Å². The average molecular weight is 241 g/mol. The molecular formula is C13H14F3N. The largest absolute Gasteiger partial charge is 0.416 e. The maximum absolute atomic E-state index is 12.7. The van der Waals surface area contributed by atoms with Crippen molar-refractivity contribution in [3.05, 3.63) is 34.9 Å². The summed E-state index contributed by atoms with van der Waals surface area (Å²) in [5.41, 5.74) is 1.39. The predicted octanol–water partition coefficient (Wildman–Crippen LogP) is 3.23. The topological polar surface area (TPSA) is 12.0 Å². The Bertz CT molecular complexity index is 460. The molecule has 1 heterocycles. The molecule has 1 spiro atoms. The first-order valence-electron chi connectivity index (χ1n) is 5.87. The number of benzene rings is 1. The fraction of sp³-hybridized carbons (Fsp3) is 0.538. The lowest BCUT2D eigenvalue weighted by molar-refractivity contribution is -0.137. The number of fused-ring (bicyclic) bond motifs is 2. The van der Waals surface area contributed by atoms with E-state index in [0.717, 1.165) is 24.0 Å². The Balaban J connectivity index is 2.10. The third-order valence-corrected chi connectivity index (χ3v) is 4.19. The molecule has 0 aromatic heterocycles. The van der Waals surface area contributed by atoms with Crippen molar-refractivity contribution in [2.75, 3.05) is 0 Å². The van der Waals surface area contributed by atoms with E-state index in [4.69, 9.17) is 0 Å². The van der Waals surface area contributed by atoms with Crippen molar-refractivity contribution in [1.82, 2.24) is 5.32 Å². The highest BCUT2D eigenvalue weighted by atomic mass is 19.4. The summed E-state index contributed by atoms with van der Waals surface area (Å²) >= 11 is 0. The summed E-state index contributed by atoms with van der Waals surface area (Å²) in [4.78, 5) is 0. The Morgan fingerprint density at radius 1 is 1.29 bits per heavy atom. The molecule has 1 unspecified atom stereocenters. The highest BCUT2D eigenvalue weighted by Gasteiger charge is 2.52. The van der Waals surface area contributed by atoms with Gasteiger partial charge in [0, 0.05) is 18.0 Å². The summed E-state index contributed by atoms with van der Waals surface area (Å²) in [6.45, 7) is 2.74. The zero-order chi connectivity index (χ0) is 12.3. The van der Waals surface area contributed by atoms with Crippen LogP contribution in [0.25, 0.3) is 0 Å². The minimum absolute atomic E-state index is 0.0329. The Morgan fingerprint density at radius 3 is 2.59 bits per heavy atom. The molecule has 1 atom stereocenters. The van der Waals surface area contributed by atoms with E-state index in [1.165, 1.54) is 12.1 Å². The first kappa shape index (κ1) is 11.1. The molecule has 3 rings (SSSR count). The monoisotopic (exact) mass is 241 g/mol. The Kier molecular flexibility index (Phi) is 2.12. The zero-order valence-corrected chi connectivity index (χ0v) is 9.56. The quantitative estimate of drug-likeness (QED) is 0.735. The second kappa shape index (κ2) is 3.25. The highest BCUT2D eigenvalue weighted by molar-refractivity contribution is 5.45. The number of nitrogens with one attached hydrogen (secondary N) is 1. The van der Waals surface area contributed by atoms with Gasteiger partial charge in [-0.3, -0.25) is 0 Å². The molecule has 0 amide bonds. The van der Waals surface area contributed by atoms with E-state index in [9.17, 15) is 13.2 Å². The zero-order valence-electron chi connectivity index (χ0n) is 9.56.